The second kappa shape index (κ2) is 4.84. The highest BCUT2D eigenvalue weighted by molar-refractivity contribution is 7.10. The van der Waals surface area contributed by atoms with E-state index in [0.29, 0.717) is 11.9 Å². The molecule has 0 saturated heterocycles. The summed E-state index contributed by atoms with van der Waals surface area (Å²) in [4.78, 5) is 0. The molecule has 3 N–H and O–H groups in total. The first-order chi connectivity index (χ1) is 7.29. The van der Waals surface area contributed by atoms with Crippen molar-refractivity contribution in [1.29, 1.82) is 0 Å². The van der Waals surface area contributed by atoms with Crippen LogP contribution >= 0.6 is 11.5 Å². The van der Waals surface area contributed by atoms with Gasteiger partial charge in [-0.2, -0.15) is 4.37 Å². The maximum atomic E-state index is 5.61. The van der Waals surface area contributed by atoms with Gasteiger partial charge in [-0.15, -0.1) is 0 Å². The Morgan fingerprint density at radius 3 is 3.00 bits per heavy atom. The lowest BCUT2D eigenvalue weighted by Crippen LogP contribution is -2.31. The summed E-state index contributed by atoms with van der Waals surface area (Å²) < 4.78 is 4.09. The highest BCUT2D eigenvalue weighted by Gasteiger charge is 2.23. The van der Waals surface area contributed by atoms with Crippen LogP contribution in [0.5, 0.6) is 0 Å². The number of rotatable bonds is 3. The third-order valence-corrected chi connectivity index (χ3v) is 4.02. The van der Waals surface area contributed by atoms with Crippen molar-refractivity contribution in [1.82, 2.24) is 4.37 Å². The Hall–Kier alpha value is -0.770. The first-order valence-electron chi connectivity index (χ1n) is 5.78. The number of nitrogens with one attached hydrogen (secondary N) is 1. The van der Waals surface area contributed by atoms with E-state index in [-0.39, 0.29) is 0 Å². The van der Waals surface area contributed by atoms with E-state index in [0.717, 1.165) is 10.9 Å². The van der Waals surface area contributed by atoms with Gasteiger partial charge in [-0.25, -0.2) is 0 Å². The van der Waals surface area contributed by atoms with Gasteiger partial charge in [0.15, 0.2) is 0 Å². The molecule has 1 aliphatic carbocycles. The molecule has 2 rings (SSSR count). The van der Waals surface area contributed by atoms with Crippen LogP contribution in [-0.4, -0.2) is 10.4 Å². The summed E-state index contributed by atoms with van der Waals surface area (Å²) in [6, 6.07) is 2.56. The van der Waals surface area contributed by atoms with Crippen LogP contribution in [-0.2, 0) is 0 Å². The van der Waals surface area contributed by atoms with Crippen molar-refractivity contribution in [2.75, 3.05) is 11.1 Å². The molecule has 0 aromatic carbocycles. The molecule has 0 spiro atoms. The van der Waals surface area contributed by atoms with Crippen LogP contribution < -0.4 is 11.1 Å². The Kier molecular flexibility index (Phi) is 3.46. The smallest absolute Gasteiger partial charge is 0.139 e. The Bertz CT molecular complexity index is 311. The lowest BCUT2D eigenvalue weighted by atomic mass is 9.83. The summed E-state index contributed by atoms with van der Waals surface area (Å²) in [5.74, 6) is 1.45. The van der Waals surface area contributed by atoms with Gasteiger partial charge in [0.25, 0.3) is 0 Å². The van der Waals surface area contributed by atoms with Gasteiger partial charge in [0, 0.05) is 12.1 Å². The molecule has 1 saturated carbocycles. The molecule has 15 heavy (non-hydrogen) atoms. The molecule has 4 heteroatoms. The minimum absolute atomic E-state index is 0.628. The Morgan fingerprint density at radius 2 is 2.33 bits per heavy atom. The lowest BCUT2D eigenvalue weighted by Gasteiger charge is -2.31. The second-order valence-corrected chi connectivity index (χ2v) is 5.12. The summed E-state index contributed by atoms with van der Waals surface area (Å²) >= 11 is 1.47. The maximum Gasteiger partial charge on any atom is 0.139 e. The molecule has 1 fully saturated rings. The van der Waals surface area contributed by atoms with Crippen LogP contribution in [0, 0.1) is 5.92 Å². The maximum absolute atomic E-state index is 5.61. The quantitative estimate of drug-likeness (QED) is 0.831. The van der Waals surface area contributed by atoms with E-state index in [1.165, 1.54) is 43.6 Å². The standard InChI is InChI=1S/C11H19N3S/c1-2-8-5-3-4-6-9(8)13-11-7-10(12)14-15-11/h7-9,13H,2-6H2,1H3,(H2,12,14). The molecule has 3 nitrogen and oxygen atoms in total. The van der Waals surface area contributed by atoms with Crippen LogP contribution in [0.25, 0.3) is 0 Å². The highest BCUT2D eigenvalue weighted by atomic mass is 32.1. The number of nitrogen functional groups attached to an aromatic ring is 1. The van der Waals surface area contributed by atoms with Gasteiger partial charge >= 0.3 is 0 Å². The van der Waals surface area contributed by atoms with Gasteiger partial charge in [-0.1, -0.05) is 26.2 Å². The van der Waals surface area contributed by atoms with Crippen molar-refractivity contribution in [2.24, 2.45) is 5.92 Å². The minimum atomic E-state index is 0.628. The van der Waals surface area contributed by atoms with E-state index in [1.54, 1.807) is 0 Å². The molecular formula is C11H19N3S. The third-order valence-electron chi connectivity index (χ3n) is 3.29. The van der Waals surface area contributed by atoms with Gasteiger partial charge in [0.1, 0.15) is 10.8 Å². The van der Waals surface area contributed by atoms with Crippen molar-refractivity contribution in [3.63, 3.8) is 0 Å². The van der Waals surface area contributed by atoms with Crippen molar-refractivity contribution >= 4 is 22.4 Å². The van der Waals surface area contributed by atoms with E-state index >= 15 is 0 Å². The Morgan fingerprint density at radius 1 is 1.53 bits per heavy atom. The first-order valence-corrected chi connectivity index (χ1v) is 6.55. The zero-order valence-electron chi connectivity index (χ0n) is 9.20. The fourth-order valence-corrected chi connectivity index (χ4v) is 3.06. The molecule has 0 aliphatic heterocycles. The van der Waals surface area contributed by atoms with E-state index in [9.17, 15) is 0 Å². The van der Waals surface area contributed by atoms with E-state index in [4.69, 9.17) is 5.73 Å². The van der Waals surface area contributed by atoms with Gasteiger partial charge in [-0.3, -0.25) is 0 Å². The molecule has 0 bridgehead atoms. The predicted octanol–water partition coefficient (Wildman–Crippen LogP) is 3.11. The molecule has 1 aromatic rings. The van der Waals surface area contributed by atoms with Crippen LogP contribution in [0.2, 0.25) is 0 Å². The molecule has 1 aromatic heterocycles. The number of hydrogen-bond acceptors (Lipinski definition) is 4. The van der Waals surface area contributed by atoms with E-state index < -0.39 is 0 Å². The van der Waals surface area contributed by atoms with Gasteiger partial charge in [0.2, 0.25) is 0 Å². The number of hydrogen-bond donors (Lipinski definition) is 2. The largest absolute Gasteiger partial charge is 0.383 e. The number of nitrogens with zero attached hydrogens (tertiary/aromatic N) is 1. The Balaban J connectivity index is 1.97. The lowest BCUT2D eigenvalue weighted by molar-refractivity contribution is 0.317. The van der Waals surface area contributed by atoms with Crippen LogP contribution in [0.1, 0.15) is 39.0 Å². The highest BCUT2D eigenvalue weighted by Crippen LogP contribution is 2.30. The average molecular weight is 225 g/mol. The van der Waals surface area contributed by atoms with E-state index in [1.807, 2.05) is 6.07 Å². The normalized spacial score (nSPS) is 26.5. The summed E-state index contributed by atoms with van der Waals surface area (Å²) in [7, 11) is 0. The molecule has 2 unspecified atom stereocenters. The van der Waals surface area contributed by atoms with Crippen molar-refractivity contribution < 1.29 is 0 Å². The number of aromatic nitrogens is 1. The van der Waals surface area contributed by atoms with Crippen molar-refractivity contribution in [3.05, 3.63) is 6.07 Å². The van der Waals surface area contributed by atoms with Gasteiger partial charge in [0.05, 0.1) is 0 Å². The molecular weight excluding hydrogens is 206 g/mol. The summed E-state index contributed by atoms with van der Waals surface area (Å²) in [6.07, 6.45) is 6.66. The van der Waals surface area contributed by atoms with Crippen LogP contribution in [0.3, 0.4) is 0 Å². The van der Waals surface area contributed by atoms with Crippen molar-refractivity contribution in [3.8, 4) is 0 Å². The summed E-state index contributed by atoms with van der Waals surface area (Å²) in [5, 5.41) is 4.70. The molecule has 1 aliphatic rings. The zero-order valence-corrected chi connectivity index (χ0v) is 10.0. The van der Waals surface area contributed by atoms with Gasteiger partial charge in [-0.05, 0) is 30.3 Å². The molecule has 2 atom stereocenters. The molecule has 0 radical (unpaired) electrons. The molecule has 0 amide bonds. The fourth-order valence-electron chi connectivity index (χ4n) is 2.43. The monoisotopic (exact) mass is 225 g/mol. The Labute approximate surface area is 95.2 Å². The molecule has 1 heterocycles. The predicted molar refractivity (Wildman–Crippen MR) is 66.2 cm³/mol. The average Bonchev–Trinajstić information content (AvgIpc) is 2.65. The number of anilines is 2. The summed E-state index contributed by atoms with van der Waals surface area (Å²) in [6.45, 7) is 2.28. The van der Waals surface area contributed by atoms with Crippen molar-refractivity contribution in [2.45, 2.75) is 45.1 Å². The second-order valence-electron chi connectivity index (χ2n) is 4.32. The molecule has 84 valence electrons. The van der Waals surface area contributed by atoms with Crippen LogP contribution in [0.4, 0.5) is 10.8 Å². The minimum Gasteiger partial charge on any atom is -0.383 e. The fraction of sp³-hybridized carbons (Fsp3) is 0.727. The first kappa shape index (κ1) is 10.7. The number of nitrogens with two attached hydrogens (primary N) is 1. The zero-order chi connectivity index (χ0) is 10.7. The van der Waals surface area contributed by atoms with Gasteiger partial charge < -0.3 is 11.1 Å². The van der Waals surface area contributed by atoms with E-state index in [2.05, 4.69) is 16.6 Å². The SMILES string of the molecule is CCC1CCCCC1Nc1cc(N)ns1. The summed E-state index contributed by atoms with van der Waals surface area (Å²) in [5.41, 5.74) is 5.61. The van der Waals surface area contributed by atoms with Crippen LogP contribution in [0.15, 0.2) is 6.07 Å². The third kappa shape index (κ3) is 2.62. The topological polar surface area (TPSA) is 50.9 Å².